The Kier molecular flexibility index (Phi) is 2.69. The maximum Gasteiger partial charge on any atom is 0.215 e. The number of likely N-dealkylation sites (tertiary alicyclic amines) is 1. The fraction of sp³-hybridized carbons (Fsp3) is 0.714. The number of rotatable bonds is 1. The summed E-state index contributed by atoms with van der Waals surface area (Å²) in [5.74, 6) is -0.137. The summed E-state index contributed by atoms with van der Waals surface area (Å²) in [5, 5.41) is 8.59. The first-order chi connectivity index (χ1) is 5.69. The first kappa shape index (κ1) is 9.05. The molecule has 3 nitrogen and oxygen atoms in total. The van der Waals surface area contributed by atoms with Gasteiger partial charge in [-0.25, -0.2) is 4.39 Å². The number of carbonyl (C=O) groups excluding carboxylic acids is 1. The van der Waals surface area contributed by atoms with Crippen LogP contribution in [-0.2, 0) is 4.79 Å². The van der Waals surface area contributed by atoms with Crippen molar-refractivity contribution in [2.24, 2.45) is 0 Å². The molecule has 5 heteroatoms. The van der Waals surface area contributed by atoms with Gasteiger partial charge in [-0.15, -0.1) is 0 Å². The lowest BCUT2D eigenvalue weighted by Crippen LogP contribution is -2.34. The molecule has 1 aliphatic rings. The second-order valence-corrected chi connectivity index (χ2v) is 2.88. The fourth-order valence-corrected chi connectivity index (χ4v) is 1.39. The molecule has 12 heavy (non-hydrogen) atoms. The Bertz CT molecular complexity index is 228. The third kappa shape index (κ3) is 1.58. The first-order valence-electron chi connectivity index (χ1n) is 4.02. The summed E-state index contributed by atoms with van der Waals surface area (Å²) in [6.45, 7) is 0.0882. The summed E-state index contributed by atoms with van der Waals surface area (Å²) < 4.78 is 12.8. The van der Waals surface area contributed by atoms with Crippen LogP contribution in [0.25, 0.3) is 0 Å². The summed E-state index contributed by atoms with van der Waals surface area (Å²) in [6, 6.07) is 1.38. The Hall–Kier alpha value is -1.05. The maximum absolute atomic E-state index is 12.8. The van der Waals surface area contributed by atoms with Gasteiger partial charge in [0.1, 0.15) is 20.1 Å². The van der Waals surface area contributed by atoms with Crippen molar-refractivity contribution in [2.45, 2.75) is 25.0 Å². The number of hydrogen-bond acceptors (Lipinski definition) is 2. The summed E-state index contributed by atoms with van der Waals surface area (Å²) in [5.41, 5.74) is 0. The number of nitrogens with zero attached hydrogens (tertiary/aromatic N) is 2. The SMILES string of the molecule is BCC(=O)N1C[C@@H](F)C[C@H]1C#N. The zero-order chi connectivity index (χ0) is 9.14. The van der Waals surface area contributed by atoms with E-state index in [9.17, 15) is 9.18 Å². The summed E-state index contributed by atoms with van der Waals surface area (Å²) in [7, 11) is 1.71. The van der Waals surface area contributed by atoms with Gasteiger partial charge in [-0.1, -0.05) is 0 Å². The highest BCUT2D eigenvalue weighted by molar-refractivity contribution is 6.19. The van der Waals surface area contributed by atoms with E-state index in [2.05, 4.69) is 0 Å². The molecule has 0 spiro atoms. The van der Waals surface area contributed by atoms with Crippen LogP contribution in [-0.4, -0.2) is 37.4 Å². The molecular weight excluding hydrogens is 158 g/mol. The molecule has 0 aromatic rings. The van der Waals surface area contributed by atoms with Crippen LogP contribution in [0.5, 0.6) is 0 Å². The van der Waals surface area contributed by atoms with Crippen molar-refractivity contribution in [1.82, 2.24) is 4.90 Å². The van der Waals surface area contributed by atoms with Crippen LogP contribution < -0.4 is 0 Å². The predicted octanol–water partition coefficient (Wildman–Crippen LogP) is -0.500. The van der Waals surface area contributed by atoms with Gasteiger partial charge in [0.15, 0.2) is 0 Å². The predicted molar refractivity (Wildman–Crippen MR) is 44.0 cm³/mol. The van der Waals surface area contributed by atoms with Crippen LogP contribution >= 0.6 is 0 Å². The summed E-state index contributed by atoms with van der Waals surface area (Å²) in [4.78, 5) is 12.5. The topological polar surface area (TPSA) is 44.1 Å². The van der Waals surface area contributed by atoms with Gasteiger partial charge in [-0.05, 0) is 6.32 Å². The van der Waals surface area contributed by atoms with E-state index in [4.69, 9.17) is 5.26 Å². The van der Waals surface area contributed by atoms with Gasteiger partial charge in [0.25, 0.3) is 0 Å². The largest absolute Gasteiger partial charge is 0.324 e. The summed E-state index contributed by atoms with van der Waals surface area (Å²) in [6.07, 6.45) is -0.516. The van der Waals surface area contributed by atoms with Crippen molar-refractivity contribution in [3.05, 3.63) is 0 Å². The van der Waals surface area contributed by atoms with Crippen molar-refractivity contribution in [3.63, 3.8) is 0 Å². The van der Waals surface area contributed by atoms with Gasteiger partial charge < -0.3 is 4.90 Å². The van der Waals surface area contributed by atoms with Crippen LogP contribution in [0.3, 0.4) is 0 Å². The van der Waals surface area contributed by atoms with Crippen LogP contribution in [0.4, 0.5) is 4.39 Å². The Morgan fingerprint density at radius 2 is 2.50 bits per heavy atom. The Morgan fingerprint density at radius 1 is 1.83 bits per heavy atom. The minimum absolute atomic E-state index is 0.0882. The molecule has 0 aliphatic carbocycles. The average Bonchev–Trinajstić information content (AvgIpc) is 2.45. The highest BCUT2D eigenvalue weighted by Gasteiger charge is 2.34. The molecule has 1 rings (SSSR count). The molecule has 0 bridgehead atoms. The standard InChI is InChI=1S/C7H10BFN2O/c8-2-7(12)11-4-5(9)1-6(11)3-10/h5-6H,1-2,4,8H2/t5-,6-/m0/s1. The van der Waals surface area contributed by atoms with E-state index >= 15 is 0 Å². The van der Waals surface area contributed by atoms with E-state index in [0.29, 0.717) is 6.32 Å². The zero-order valence-electron chi connectivity index (χ0n) is 6.96. The van der Waals surface area contributed by atoms with Gasteiger partial charge >= 0.3 is 0 Å². The minimum atomic E-state index is -1.02. The average molecular weight is 168 g/mol. The molecule has 0 radical (unpaired) electrons. The first-order valence-corrected chi connectivity index (χ1v) is 4.02. The molecule has 0 saturated carbocycles. The molecule has 1 saturated heterocycles. The Balaban J connectivity index is 2.65. The van der Waals surface area contributed by atoms with Crippen molar-refractivity contribution in [1.29, 1.82) is 5.26 Å². The number of alkyl halides is 1. The number of amides is 1. The Labute approximate surface area is 71.6 Å². The highest BCUT2D eigenvalue weighted by Crippen LogP contribution is 2.20. The number of nitriles is 1. The van der Waals surface area contributed by atoms with Gasteiger partial charge in [-0.2, -0.15) is 5.26 Å². The van der Waals surface area contributed by atoms with E-state index in [1.54, 1.807) is 7.85 Å². The van der Waals surface area contributed by atoms with Gasteiger partial charge in [0.05, 0.1) is 12.6 Å². The van der Waals surface area contributed by atoms with Crippen molar-refractivity contribution >= 4 is 13.8 Å². The Morgan fingerprint density at radius 3 is 3.00 bits per heavy atom. The third-order valence-corrected chi connectivity index (χ3v) is 2.02. The third-order valence-electron chi connectivity index (χ3n) is 2.02. The minimum Gasteiger partial charge on any atom is -0.324 e. The van der Waals surface area contributed by atoms with Gasteiger partial charge in [0.2, 0.25) is 5.91 Å². The van der Waals surface area contributed by atoms with E-state index in [0.717, 1.165) is 0 Å². The molecule has 2 atom stereocenters. The molecule has 0 unspecified atom stereocenters. The lowest BCUT2D eigenvalue weighted by molar-refractivity contribution is -0.128. The smallest absolute Gasteiger partial charge is 0.215 e. The quantitative estimate of drug-likeness (QED) is 0.495. The molecular formula is C7H10BFN2O. The molecule has 1 amide bonds. The number of carbonyl (C=O) groups is 1. The molecule has 1 aliphatic heterocycles. The highest BCUT2D eigenvalue weighted by atomic mass is 19.1. The maximum atomic E-state index is 12.8. The van der Waals surface area contributed by atoms with Crippen molar-refractivity contribution in [3.8, 4) is 6.07 Å². The van der Waals surface area contributed by atoms with Crippen LogP contribution in [0.1, 0.15) is 6.42 Å². The van der Waals surface area contributed by atoms with E-state index < -0.39 is 12.2 Å². The molecule has 0 aromatic heterocycles. The normalized spacial score (nSPS) is 28.5. The van der Waals surface area contributed by atoms with Crippen molar-refractivity contribution < 1.29 is 9.18 Å². The lowest BCUT2D eigenvalue weighted by Gasteiger charge is -2.17. The van der Waals surface area contributed by atoms with Crippen LogP contribution in [0.2, 0.25) is 6.32 Å². The van der Waals surface area contributed by atoms with Gasteiger partial charge in [0, 0.05) is 6.42 Å². The van der Waals surface area contributed by atoms with Gasteiger partial charge in [-0.3, -0.25) is 4.79 Å². The van der Waals surface area contributed by atoms with E-state index in [1.165, 1.54) is 4.90 Å². The van der Waals surface area contributed by atoms with E-state index in [-0.39, 0.29) is 18.9 Å². The van der Waals surface area contributed by atoms with Crippen molar-refractivity contribution in [2.75, 3.05) is 6.54 Å². The number of hydrogen-bond donors (Lipinski definition) is 0. The monoisotopic (exact) mass is 168 g/mol. The molecule has 0 N–H and O–H groups in total. The molecule has 1 fully saturated rings. The molecule has 64 valence electrons. The van der Waals surface area contributed by atoms with Crippen LogP contribution in [0, 0.1) is 11.3 Å². The number of halogens is 1. The van der Waals surface area contributed by atoms with Crippen LogP contribution in [0.15, 0.2) is 0 Å². The zero-order valence-corrected chi connectivity index (χ0v) is 6.96. The second kappa shape index (κ2) is 3.57. The fourth-order valence-electron chi connectivity index (χ4n) is 1.39. The summed E-state index contributed by atoms with van der Waals surface area (Å²) >= 11 is 0. The van der Waals surface area contributed by atoms with E-state index in [1.807, 2.05) is 6.07 Å². The molecule has 1 heterocycles. The lowest BCUT2D eigenvalue weighted by atomic mass is 10.0. The second-order valence-electron chi connectivity index (χ2n) is 2.88. The molecule has 0 aromatic carbocycles.